The quantitative estimate of drug-likeness (QED) is 0.514. The molecule has 2 N–H and O–H groups in total. The summed E-state index contributed by atoms with van der Waals surface area (Å²) in [7, 11) is 0. The van der Waals surface area contributed by atoms with Crippen LogP contribution in [0.25, 0.3) is 0 Å². The topological polar surface area (TPSA) is 68.0 Å². The van der Waals surface area contributed by atoms with Crippen molar-refractivity contribution in [2.45, 2.75) is 44.4 Å². The van der Waals surface area contributed by atoms with Gasteiger partial charge in [0.15, 0.2) is 0 Å². The third-order valence-electron chi connectivity index (χ3n) is 5.89. The number of rotatable bonds is 4. The van der Waals surface area contributed by atoms with Gasteiger partial charge in [0.25, 0.3) is 0 Å². The fourth-order valence-electron chi connectivity index (χ4n) is 4.29. The smallest absolute Gasteiger partial charge is 0.424 e. The maximum absolute atomic E-state index is 12.2. The first kappa shape index (κ1) is 16.8. The molecule has 0 unspecified atom stereocenters. The minimum atomic E-state index is -0.429. The summed E-state index contributed by atoms with van der Waals surface area (Å²) in [5.41, 5.74) is 1.44. The van der Waals surface area contributed by atoms with Crippen molar-refractivity contribution in [2.75, 3.05) is 26.3 Å². The molecule has 6 heteroatoms. The number of hydrogen-bond donors (Lipinski definition) is 1. The third-order valence-corrected chi connectivity index (χ3v) is 5.89. The van der Waals surface area contributed by atoms with E-state index in [0.717, 1.165) is 44.5 Å². The second-order valence-electron chi connectivity index (χ2n) is 7.81. The number of nitrogens with two attached hydrogens (primary N) is 1. The highest BCUT2D eigenvalue weighted by molar-refractivity contribution is 5.67. The molecule has 0 radical (unpaired) electrons. The van der Waals surface area contributed by atoms with Crippen LogP contribution in [0.4, 0.5) is 4.79 Å². The van der Waals surface area contributed by atoms with E-state index in [2.05, 4.69) is 4.90 Å². The van der Waals surface area contributed by atoms with E-state index < -0.39 is 6.09 Å². The largest absolute Gasteiger partial charge is 0.444 e. The normalized spacial score (nSPS) is 28.0. The molecular weight excluding hydrogens is 318 g/mol. The van der Waals surface area contributed by atoms with E-state index in [1.165, 1.54) is 18.1 Å². The van der Waals surface area contributed by atoms with Crippen LogP contribution >= 0.6 is 0 Å². The molecule has 2 saturated heterocycles. The van der Waals surface area contributed by atoms with Gasteiger partial charge in [-0.3, -0.25) is 4.90 Å². The van der Waals surface area contributed by atoms with Gasteiger partial charge in [-0.15, -0.1) is 0 Å². The van der Waals surface area contributed by atoms with Crippen LogP contribution in [-0.2, 0) is 16.1 Å². The summed E-state index contributed by atoms with van der Waals surface area (Å²) >= 11 is 0. The lowest BCUT2D eigenvalue weighted by molar-refractivity contribution is -0.201. The summed E-state index contributed by atoms with van der Waals surface area (Å²) in [6, 6.07) is 10.4. The Morgan fingerprint density at radius 3 is 2.48 bits per heavy atom. The van der Waals surface area contributed by atoms with E-state index in [9.17, 15) is 4.79 Å². The highest BCUT2D eigenvalue weighted by Gasteiger charge is 2.51. The van der Waals surface area contributed by atoms with Crippen molar-refractivity contribution in [3.63, 3.8) is 0 Å². The summed E-state index contributed by atoms with van der Waals surface area (Å²) in [6.45, 7) is 4.48. The predicted octanol–water partition coefficient (Wildman–Crippen LogP) is 2.14. The summed E-state index contributed by atoms with van der Waals surface area (Å²) < 4.78 is 10.7. The number of benzene rings is 1. The predicted molar refractivity (Wildman–Crippen MR) is 93.5 cm³/mol. The van der Waals surface area contributed by atoms with Crippen LogP contribution in [0.3, 0.4) is 0 Å². The minimum absolute atomic E-state index is 0.0850. The molecule has 1 aromatic rings. The average Bonchev–Trinajstić information content (AvgIpc) is 2.58. The highest BCUT2D eigenvalue weighted by atomic mass is 16.6. The van der Waals surface area contributed by atoms with Crippen LogP contribution < -0.4 is 5.84 Å². The van der Waals surface area contributed by atoms with Gasteiger partial charge < -0.3 is 9.47 Å². The molecule has 3 aliphatic rings. The Morgan fingerprint density at radius 2 is 1.88 bits per heavy atom. The summed E-state index contributed by atoms with van der Waals surface area (Å²) in [5, 5.41) is 1.30. The molecule has 1 aromatic carbocycles. The van der Waals surface area contributed by atoms with Crippen molar-refractivity contribution in [2.24, 2.45) is 11.3 Å². The number of amides is 1. The van der Waals surface area contributed by atoms with E-state index in [1.807, 2.05) is 30.3 Å². The zero-order chi connectivity index (χ0) is 17.3. The lowest BCUT2D eigenvalue weighted by Crippen LogP contribution is -2.68. The third kappa shape index (κ3) is 3.52. The highest BCUT2D eigenvalue weighted by Crippen LogP contribution is 2.41. The number of hydrazine groups is 1. The maximum atomic E-state index is 12.2. The number of hydrogen-bond acceptors (Lipinski definition) is 5. The van der Waals surface area contributed by atoms with Gasteiger partial charge in [0.05, 0.1) is 19.3 Å². The Bertz CT molecular complexity index is 589. The molecular formula is C19H27N3O3. The number of carbonyl (C=O) groups excluding carboxylic acids is 1. The molecule has 4 rings (SSSR count). The standard InChI is InChI=1S/C19H27N3O3/c20-22(18(23)25-10-15-4-2-1-3-5-15)17-8-6-16(7-9-17)21-11-19(12-21)13-24-14-19/h1-5,16-17H,6-14,20H2. The summed E-state index contributed by atoms with van der Waals surface area (Å²) in [6.07, 6.45) is 3.66. The van der Waals surface area contributed by atoms with E-state index >= 15 is 0 Å². The Labute approximate surface area is 148 Å². The van der Waals surface area contributed by atoms with Gasteiger partial charge >= 0.3 is 6.09 Å². The number of nitrogens with zero attached hydrogens (tertiary/aromatic N) is 2. The lowest BCUT2D eigenvalue weighted by Gasteiger charge is -2.58. The van der Waals surface area contributed by atoms with E-state index in [1.54, 1.807) is 0 Å². The molecule has 2 heterocycles. The molecule has 25 heavy (non-hydrogen) atoms. The van der Waals surface area contributed by atoms with E-state index in [4.69, 9.17) is 15.3 Å². The molecule has 1 amide bonds. The molecule has 3 fully saturated rings. The van der Waals surface area contributed by atoms with E-state index in [-0.39, 0.29) is 12.6 Å². The summed E-state index contributed by atoms with van der Waals surface area (Å²) in [4.78, 5) is 14.8. The molecule has 6 nitrogen and oxygen atoms in total. The van der Waals surface area contributed by atoms with Gasteiger partial charge in [-0.1, -0.05) is 30.3 Å². The van der Waals surface area contributed by atoms with Crippen LogP contribution in [0.2, 0.25) is 0 Å². The zero-order valence-corrected chi connectivity index (χ0v) is 14.6. The average molecular weight is 345 g/mol. The van der Waals surface area contributed by atoms with Gasteiger partial charge in [0.1, 0.15) is 6.61 Å². The Balaban J connectivity index is 1.20. The SMILES string of the molecule is NN(C(=O)OCc1ccccc1)C1CCC(N2CC3(COC3)C2)CC1. The second kappa shape index (κ2) is 6.94. The molecule has 1 aliphatic carbocycles. The van der Waals surface area contributed by atoms with Crippen molar-refractivity contribution in [1.29, 1.82) is 0 Å². The number of ether oxygens (including phenoxy) is 2. The Morgan fingerprint density at radius 1 is 1.20 bits per heavy atom. The Kier molecular flexibility index (Phi) is 4.67. The van der Waals surface area contributed by atoms with Crippen molar-refractivity contribution < 1.29 is 14.3 Å². The maximum Gasteiger partial charge on any atom is 0.424 e. The summed E-state index contributed by atoms with van der Waals surface area (Å²) in [5.74, 6) is 6.03. The Hall–Kier alpha value is -1.63. The molecule has 136 valence electrons. The van der Waals surface area contributed by atoms with Gasteiger partial charge in [0.2, 0.25) is 0 Å². The first-order valence-corrected chi connectivity index (χ1v) is 9.22. The fourth-order valence-corrected chi connectivity index (χ4v) is 4.29. The van der Waals surface area contributed by atoms with Gasteiger partial charge in [0, 0.05) is 24.5 Å². The first-order valence-electron chi connectivity index (χ1n) is 9.22. The van der Waals surface area contributed by atoms with Crippen LogP contribution in [0.15, 0.2) is 30.3 Å². The zero-order valence-electron chi connectivity index (χ0n) is 14.6. The van der Waals surface area contributed by atoms with Crippen molar-refractivity contribution in [1.82, 2.24) is 9.91 Å². The molecule has 0 bridgehead atoms. The van der Waals surface area contributed by atoms with Crippen LogP contribution in [-0.4, -0.2) is 54.4 Å². The van der Waals surface area contributed by atoms with Crippen molar-refractivity contribution in [3.8, 4) is 0 Å². The van der Waals surface area contributed by atoms with E-state index in [0.29, 0.717) is 11.5 Å². The molecule has 1 saturated carbocycles. The first-order chi connectivity index (χ1) is 12.2. The van der Waals surface area contributed by atoms with Crippen LogP contribution in [0, 0.1) is 5.41 Å². The monoisotopic (exact) mass is 345 g/mol. The molecule has 1 spiro atoms. The fraction of sp³-hybridized carbons (Fsp3) is 0.632. The lowest BCUT2D eigenvalue weighted by atomic mass is 9.75. The minimum Gasteiger partial charge on any atom is -0.444 e. The van der Waals surface area contributed by atoms with Crippen LogP contribution in [0.1, 0.15) is 31.2 Å². The number of likely N-dealkylation sites (tertiary alicyclic amines) is 1. The second-order valence-corrected chi connectivity index (χ2v) is 7.81. The molecule has 0 atom stereocenters. The van der Waals surface area contributed by atoms with Gasteiger partial charge in [-0.25, -0.2) is 15.6 Å². The molecule has 0 aromatic heterocycles. The van der Waals surface area contributed by atoms with Crippen molar-refractivity contribution in [3.05, 3.63) is 35.9 Å². The number of carbonyl (C=O) groups is 1. The van der Waals surface area contributed by atoms with Gasteiger partial charge in [-0.2, -0.15) is 0 Å². The molecule has 2 aliphatic heterocycles. The van der Waals surface area contributed by atoms with Crippen molar-refractivity contribution >= 4 is 6.09 Å². The van der Waals surface area contributed by atoms with Gasteiger partial charge in [-0.05, 0) is 31.2 Å². The van der Waals surface area contributed by atoms with Crippen LogP contribution in [0.5, 0.6) is 0 Å².